The summed E-state index contributed by atoms with van der Waals surface area (Å²) >= 11 is 0. The van der Waals surface area contributed by atoms with E-state index in [-0.39, 0.29) is 5.82 Å². The average molecular weight is 387 g/mol. The van der Waals surface area contributed by atoms with Crippen molar-refractivity contribution >= 4 is 17.0 Å². The fourth-order valence-electron chi connectivity index (χ4n) is 3.35. The first-order valence-corrected chi connectivity index (χ1v) is 8.95. The van der Waals surface area contributed by atoms with Crippen LogP contribution >= 0.6 is 0 Å². The molecule has 1 aromatic carbocycles. The van der Waals surface area contributed by atoms with Crippen molar-refractivity contribution in [2.45, 2.75) is 31.0 Å². The van der Waals surface area contributed by atoms with Gasteiger partial charge in [-0.15, -0.1) is 0 Å². The summed E-state index contributed by atoms with van der Waals surface area (Å²) in [5, 5.41) is 44.8. The van der Waals surface area contributed by atoms with Gasteiger partial charge in [-0.2, -0.15) is 0 Å². The number of aromatic nitrogens is 4. The standard InChI is InChI=1S/C18H21N5O5/c24-8-12-14(25)15(26)18(28-12)22-9-20-13-16(22)21-10-23(27)17(13)19-7-6-11-4-2-1-3-5-11/h1-5,9-10,12,14-15,18-19,24-26H,6-8H2/t12-,14-,15-,18-/m1/s1. The van der Waals surface area contributed by atoms with Crippen LogP contribution < -0.4 is 10.0 Å². The topological polar surface area (TPSA) is 140 Å². The summed E-state index contributed by atoms with van der Waals surface area (Å²) in [7, 11) is 0. The van der Waals surface area contributed by atoms with E-state index in [0.29, 0.717) is 22.4 Å². The van der Waals surface area contributed by atoms with Crippen LogP contribution in [-0.4, -0.2) is 61.3 Å². The molecule has 0 saturated carbocycles. The van der Waals surface area contributed by atoms with Crippen molar-refractivity contribution in [3.63, 3.8) is 0 Å². The van der Waals surface area contributed by atoms with Gasteiger partial charge in [0, 0.05) is 6.42 Å². The summed E-state index contributed by atoms with van der Waals surface area (Å²) in [6.45, 7) is 0.0910. The van der Waals surface area contributed by atoms with Crippen LogP contribution in [0.1, 0.15) is 11.8 Å². The normalized spacial score (nSPS) is 24.7. The van der Waals surface area contributed by atoms with E-state index in [1.807, 2.05) is 30.3 Å². The second kappa shape index (κ2) is 7.68. The van der Waals surface area contributed by atoms with E-state index in [1.54, 1.807) is 0 Å². The summed E-state index contributed by atoms with van der Waals surface area (Å²) in [4.78, 5) is 8.34. The molecule has 0 unspecified atom stereocenters. The van der Waals surface area contributed by atoms with Crippen molar-refractivity contribution in [3.05, 3.63) is 53.8 Å². The summed E-state index contributed by atoms with van der Waals surface area (Å²) in [5.74, 6) is 0.242. The van der Waals surface area contributed by atoms with Crippen molar-refractivity contribution < 1.29 is 24.8 Å². The highest BCUT2D eigenvalue weighted by molar-refractivity contribution is 5.81. The van der Waals surface area contributed by atoms with Crippen molar-refractivity contribution in [2.24, 2.45) is 0 Å². The molecular formula is C18H21N5O5. The minimum atomic E-state index is -1.26. The van der Waals surface area contributed by atoms with E-state index in [2.05, 4.69) is 15.3 Å². The van der Waals surface area contributed by atoms with Gasteiger partial charge in [-0.1, -0.05) is 35.3 Å². The SMILES string of the molecule is [O-][n+]1cnc2c(ncn2[C@@H]2O[C@H](CO)[C@@H](O)[C@H]2O)c1NCCc1ccccc1. The Labute approximate surface area is 160 Å². The number of hydrogen-bond donors (Lipinski definition) is 4. The highest BCUT2D eigenvalue weighted by Crippen LogP contribution is 2.31. The molecule has 4 atom stereocenters. The number of imidazole rings is 1. The number of ether oxygens (including phenoxy) is 1. The second-order valence-corrected chi connectivity index (χ2v) is 6.63. The zero-order chi connectivity index (χ0) is 19.7. The molecule has 1 fully saturated rings. The first-order chi connectivity index (χ1) is 13.6. The van der Waals surface area contributed by atoms with Crippen LogP contribution in [0.2, 0.25) is 0 Å². The Morgan fingerprint density at radius 1 is 1.18 bits per heavy atom. The van der Waals surface area contributed by atoms with Crippen molar-refractivity contribution in [2.75, 3.05) is 18.5 Å². The minimum absolute atomic E-state index is 0.242. The van der Waals surface area contributed by atoms with Crippen LogP contribution in [0.4, 0.5) is 5.82 Å². The summed E-state index contributed by atoms with van der Waals surface area (Å²) in [6.07, 6.45) is -1.15. The summed E-state index contributed by atoms with van der Waals surface area (Å²) < 4.78 is 7.57. The summed E-state index contributed by atoms with van der Waals surface area (Å²) in [5.41, 5.74) is 1.78. The van der Waals surface area contributed by atoms with E-state index in [1.165, 1.54) is 10.9 Å². The first-order valence-electron chi connectivity index (χ1n) is 8.95. The van der Waals surface area contributed by atoms with Crippen LogP contribution in [0, 0.1) is 5.21 Å². The number of nitrogens with zero attached hydrogens (tertiary/aromatic N) is 4. The number of aliphatic hydroxyl groups is 3. The molecule has 0 bridgehead atoms. The van der Waals surface area contributed by atoms with E-state index < -0.39 is 31.1 Å². The highest BCUT2D eigenvalue weighted by Gasteiger charge is 2.44. The van der Waals surface area contributed by atoms with Gasteiger partial charge in [0.2, 0.25) is 12.0 Å². The van der Waals surface area contributed by atoms with E-state index in [4.69, 9.17) is 4.74 Å². The molecule has 10 heteroatoms. The molecule has 148 valence electrons. The lowest BCUT2D eigenvalue weighted by molar-refractivity contribution is -0.592. The molecule has 2 aromatic heterocycles. The first kappa shape index (κ1) is 18.6. The third-order valence-electron chi connectivity index (χ3n) is 4.84. The molecule has 4 rings (SSSR count). The Morgan fingerprint density at radius 2 is 1.96 bits per heavy atom. The Morgan fingerprint density at radius 3 is 2.68 bits per heavy atom. The smallest absolute Gasteiger partial charge is 0.253 e. The Kier molecular flexibility index (Phi) is 5.09. The number of benzene rings is 1. The Balaban J connectivity index is 1.58. The van der Waals surface area contributed by atoms with Crippen molar-refractivity contribution in [1.29, 1.82) is 0 Å². The van der Waals surface area contributed by atoms with Gasteiger partial charge in [-0.3, -0.25) is 4.57 Å². The molecule has 3 heterocycles. The fourth-order valence-corrected chi connectivity index (χ4v) is 3.35. The predicted octanol–water partition coefficient (Wildman–Crippen LogP) is -0.669. The molecule has 4 N–H and O–H groups in total. The largest absolute Gasteiger partial charge is 0.740 e. The molecule has 1 aliphatic rings. The van der Waals surface area contributed by atoms with Crippen LogP contribution in [0.25, 0.3) is 11.2 Å². The van der Waals surface area contributed by atoms with Crippen LogP contribution in [-0.2, 0) is 11.2 Å². The monoisotopic (exact) mass is 387 g/mol. The maximum Gasteiger partial charge on any atom is 0.253 e. The molecule has 0 amide bonds. The number of rotatable bonds is 6. The zero-order valence-corrected chi connectivity index (χ0v) is 14.9. The van der Waals surface area contributed by atoms with Gasteiger partial charge in [-0.05, 0) is 5.56 Å². The van der Waals surface area contributed by atoms with Gasteiger partial charge in [0.1, 0.15) is 24.6 Å². The van der Waals surface area contributed by atoms with Crippen molar-refractivity contribution in [1.82, 2.24) is 14.5 Å². The van der Waals surface area contributed by atoms with Gasteiger partial charge in [0.15, 0.2) is 11.7 Å². The van der Waals surface area contributed by atoms with E-state index in [9.17, 15) is 20.5 Å². The number of hydrogen-bond acceptors (Lipinski definition) is 8. The Bertz CT molecular complexity index is 950. The van der Waals surface area contributed by atoms with E-state index in [0.717, 1.165) is 18.3 Å². The second-order valence-electron chi connectivity index (χ2n) is 6.63. The van der Waals surface area contributed by atoms with Crippen LogP contribution in [0.15, 0.2) is 43.0 Å². The predicted molar refractivity (Wildman–Crippen MR) is 98.1 cm³/mol. The lowest BCUT2D eigenvalue weighted by atomic mass is 10.1. The highest BCUT2D eigenvalue weighted by atomic mass is 16.6. The maximum absolute atomic E-state index is 12.2. The molecule has 10 nitrogen and oxygen atoms in total. The molecule has 0 aliphatic carbocycles. The van der Waals surface area contributed by atoms with Crippen LogP contribution in [0.5, 0.6) is 0 Å². The lowest BCUT2D eigenvalue weighted by Crippen LogP contribution is -2.33. The van der Waals surface area contributed by atoms with Gasteiger partial charge >= 0.3 is 0 Å². The number of fused-ring (bicyclic) bond motifs is 1. The number of anilines is 1. The van der Waals surface area contributed by atoms with Gasteiger partial charge in [0.05, 0.1) is 13.2 Å². The van der Waals surface area contributed by atoms with Gasteiger partial charge in [0.25, 0.3) is 5.82 Å². The summed E-state index contributed by atoms with van der Waals surface area (Å²) in [6, 6.07) is 9.86. The van der Waals surface area contributed by atoms with E-state index >= 15 is 0 Å². The molecule has 1 saturated heterocycles. The molecule has 0 radical (unpaired) electrons. The lowest BCUT2D eigenvalue weighted by Gasteiger charge is -2.16. The van der Waals surface area contributed by atoms with Gasteiger partial charge in [-0.25, -0.2) is 9.71 Å². The third-order valence-corrected chi connectivity index (χ3v) is 4.84. The minimum Gasteiger partial charge on any atom is -0.740 e. The third kappa shape index (κ3) is 3.27. The molecular weight excluding hydrogens is 366 g/mol. The number of nitrogens with one attached hydrogen (secondary N) is 1. The quantitative estimate of drug-likeness (QED) is 0.323. The van der Waals surface area contributed by atoms with Gasteiger partial charge < -0.3 is 30.6 Å². The Hall–Kier alpha value is -2.79. The molecule has 3 aromatic rings. The molecule has 28 heavy (non-hydrogen) atoms. The van der Waals surface area contributed by atoms with Crippen molar-refractivity contribution in [3.8, 4) is 0 Å². The average Bonchev–Trinajstić information content (AvgIpc) is 3.26. The molecule has 1 aliphatic heterocycles. The number of aliphatic hydroxyl groups excluding tert-OH is 3. The maximum atomic E-state index is 12.2. The zero-order valence-electron chi connectivity index (χ0n) is 14.9. The van der Waals surface area contributed by atoms with Crippen LogP contribution in [0.3, 0.4) is 0 Å². The fraction of sp³-hybridized carbons (Fsp3) is 0.389. The molecule has 0 spiro atoms.